The fourth-order valence-corrected chi connectivity index (χ4v) is 16.8. The first-order chi connectivity index (χ1) is 38.9. The molecule has 0 fully saturated rings. The van der Waals surface area contributed by atoms with Gasteiger partial charge < -0.3 is 23.7 Å². The van der Waals surface area contributed by atoms with Crippen molar-refractivity contribution in [2.75, 3.05) is 46.5 Å². The van der Waals surface area contributed by atoms with Crippen molar-refractivity contribution in [3.05, 3.63) is 60.7 Å². The lowest BCUT2D eigenvalue weighted by atomic mass is 9.91. The molecule has 2 rings (SSSR count). The summed E-state index contributed by atoms with van der Waals surface area (Å²) in [6, 6.07) is 22.4. The highest BCUT2D eigenvalue weighted by atomic mass is 28.4. The molecule has 3 unspecified atom stereocenters. The predicted octanol–water partition coefficient (Wildman–Crippen LogP) is 18.5. The van der Waals surface area contributed by atoms with E-state index in [0.29, 0.717) is 43.9 Å². The second kappa shape index (κ2) is 47.4. The molecule has 0 saturated carbocycles. The minimum absolute atomic E-state index is 0.00399. The molecule has 2 aromatic carbocycles. The highest BCUT2D eigenvalue weighted by Crippen LogP contribution is 2.37. The Hall–Kier alpha value is -3.01. The van der Waals surface area contributed by atoms with E-state index in [1.54, 1.807) is 11.9 Å². The molecule has 0 aliphatic heterocycles. The molecule has 0 spiro atoms. The largest absolute Gasteiger partial charge is 0.466 e. The van der Waals surface area contributed by atoms with Gasteiger partial charge in [0, 0.05) is 32.5 Å². The lowest BCUT2D eigenvalue weighted by Crippen LogP contribution is -2.66. The fourth-order valence-electron chi connectivity index (χ4n) is 12.2. The first-order valence-corrected chi connectivity index (χ1v) is 35.8. The molecule has 0 bridgehead atoms. The second-order valence-corrected chi connectivity index (χ2v) is 29.6. The molecule has 1 amide bonds. The van der Waals surface area contributed by atoms with Gasteiger partial charge in [0.1, 0.15) is 6.54 Å². The first-order valence-electron chi connectivity index (χ1n) is 33.9. The van der Waals surface area contributed by atoms with Gasteiger partial charge in [0.25, 0.3) is 8.32 Å². The summed E-state index contributed by atoms with van der Waals surface area (Å²) in [6.45, 7) is 22.2. The summed E-state index contributed by atoms with van der Waals surface area (Å²) in [5.41, 5.74) is 0. The van der Waals surface area contributed by atoms with Gasteiger partial charge in [-0.05, 0) is 111 Å². The van der Waals surface area contributed by atoms with E-state index >= 15 is 0 Å². The van der Waals surface area contributed by atoms with Crippen molar-refractivity contribution in [3.63, 3.8) is 0 Å². The van der Waals surface area contributed by atoms with E-state index in [1.165, 1.54) is 139 Å². The number of likely N-dealkylation sites (N-methyl/N-ethyl adjacent to an activating group) is 1. The van der Waals surface area contributed by atoms with Crippen LogP contribution in [0.3, 0.4) is 0 Å². The molecule has 0 heterocycles. The van der Waals surface area contributed by atoms with Gasteiger partial charge in [-0.2, -0.15) is 0 Å². The van der Waals surface area contributed by atoms with Crippen LogP contribution in [-0.4, -0.2) is 88.5 Å². The molecular weight excluding hydrogens is 1000 g/mol. The zero-order chi connectivity index (χ0) is 58.4. The minimum Gasteiger partial charge on any atom is -0.466 e. The Bertz CT molecular complexity index is 1730. The number of esters is 2. The van der Waals surface area contributed by atoms with Gasteiger partial charge in [0.15, 0.2) is 0 Å². The highest BCUT2D eigenvalue weighted by Gasteiger charge is 2.50. The summed E-state index contributed by atoms with van der Waals surface area (Å²) < 4.78 is 19.0. The normalized spacial score (nSPS) is 13.1. The van der Waals surface area contributed by atoms with Crippen LogP contribution < -0.4 is 10.4 Å². The molecular formula is C71H126N2O6Si. The predicted molar refractivity (Wildman–Crippen MR) is 345 cm³/mol. The summed E-state index contributed by atoms with van der Waals surface area (Å²) in [4.78, 5) is 44.0. The molecule has 0 N–H and O–H groups in total. The van der Waals surface area contributed by atoms with Crippen molar-refractivity contribution in [3.8, 4) is 0 Å². The van der Waals surface area contributed by atoms with Gasteiger partial charge in [0.2, 0.25) is 5.91 Å². The van der Waals surface area contributed by atoms with Crippen LogP contribution in [0.15, 0.2) is 60.7 Å². The molecule has 80 heavy (non-hydrogen) atoms. The van der Waals surface area contributed by atoms with Crippen molar-refractivity contribution in [2.24, 2.45) is 11.8 Å². The lowest BCUT2D eigenvalue weighted by molar-refractivity contribution is -0.149. The number of nitrogens with zero attached hydrogens (tertiary/aromatic N) is 2. The van der Waals surface area contributed by atoms with Crippen molar-refractivity contribution in [2.45, 2.75) is 304 Å². The Morgan fingerprint density at radius 1 is 0.438 bits per heavy atom. The van der Waals surface area contributed by atoms with Gasteiger partial charge in [-0.1, -0.05) is 270 Å². The standard InChI is InChI=1S/C71H126N2O6Si/c1-10-15-19-23-25-33-46-63(45-31-21-17-12-3)60-68(74)72(9)62-70(76)78-58-43-30-36-50-65(49-35-29-42-57-77-69(75)61-64(47-32-22-18-13-4)48-34-26-24-20-16-11-2)73(55-14-5)56-41-44-59-79-80(71(6,7)8,66-51-37-27-38-52-66)67-53-39-28-40-54-67/h27-28,37-40,51-54,63-65H,10-26,29-36,41-50,55-62H2,1-9H3. The third-order valence-electron chi connectivity index (χ3n) is 17.1. The van der Waals surface area contributed by atoms with E-state index in [1.807, 2.05) is 0 Å². The van der Waals surface area contributed by atoms with Gasteiger partial charge in [-0.25, -0.2) is 0 Å². The number of rotatable bonds is 53. The summed E-state index contributed by atoms with van der Waals surface area (Å²) in [6.07, 6.45) is 42.3. The van der Waals surface area contributed by atoms with Crippen LogP contribution in [0, 0.1) is 11.8 Å². The topological polar surface area (TPSA) is 85.4 Å². The number of amides is 1. The Morgan fingerprint density at radius 2 is 0.825 bits per heavy atom. The van der Waals surface area contributed by atoms with E-state index in [2.05, 4.69) is 121 Å². The number of carbonyl (C=O) groups is 3. The number of hydrogen-bond donors (Lipinski definition) is 0. The fraction of sp³-hybridized carbons (Fsp3) is 0.789. The maximum Gasteiger partial charge on any atom is 0.325 e. The Labute approximate surface area is 495 Å². The first kappa shape index (κ1) is 73.1. The summed E-state index contributed by atoms with van der Waals surface area (Å²) in [5, 5.41) is 2.61. The molecule has 0 saturated heterocycles. The number of carbonyl (C=O) groups excluding carboxylic acids is 3. The van der Waals surface area contributed by atoms with Crippen LogP contribution in [0.1, 0.15) is 293 Å². The quantitative estimate of drug-likeness (QED) is 0.0371. The van der Waals surface area contributed by atoms with E-state index < -0.39 is 8.32 Å². The zero-order valence-corrected chi connectivity index (χ0v) is 54.8. The van der Waals surface area contributed by atoms with Crippen molar-refractivity contribution < 1.29 is 28.3 Å². The monoisotopic (exact) mass is 1130 g/mol. The second-order valence-electron chi connectivity index (χ2n) is 25.2. The van der Waals surface area contributed by atoms with Gasteiger partial charge in [-0.15, -0.1) is 0 Å². The molecule has 3 atom stereocenters. The van der Waals surface area contributed by atoms with E-state index in [9.17, 15) is 14.4 Å². The SMILES string of the molecule is CCCCCCCCC(CCCCCC)CC(=O)OCCCCCC(CCCCCOC(=O)CN(C)C(=O)CC(CCCCCC)CCCCCCCC)N(CCC)CCCCO[Si](c1ccccc1)(c1ccccc1)C(C)(C)C. The van der Waals surface area contributed by atoms with Gasteiger partial charge in [0.05, 0.1) is 13.2 Å². The van der Waals surface area contributed by atoms with Crippen molar-refractivity contribution >= 4 is 36.5 Å². The number of benzene rings is 2. The average Bonchev–Trinajstić information content (AvgIpc) is 3.64. The number of ether oxygens (including phenoxy) is 2. The minimum atomic E-state index is -2.59. The molecule has 0 aliphatic rings. The molecule has 0 radical (unpaired) electrons. The Morgan fingerprint density at radius 3 is 1.27 bits per heavy atom. The van der Waals surface area contributed by atoms with Crippen molar-refractivity contribution in [1.29, 1.82) is 0 Å². The Balaban J connectivity index is 2.02. The lowest BCUT2D eigenvalue weighted by Gasteiger charge is -2.43. The van der Waals surface area contributed by atoms with E-state index in [4.69, 9.17) is 13.9 Å². The molecule has 460 valence electrons. The van der Waals surface area contributed by atoms with Crippen LogP contribution in [0.5, 0.6) is 0 Å². The van der Waals surface area contributed by atoms with Crippen LogP contribution >= 0.6 is 0 Å². The maximum absolute atomic E-state index is 13.4. The molecule has 9 heteroatoms. The summed E-state index contributed by atoms with van der Waals surface area (Å²) in [5.74, 6) is 0.620. The van der Waals surface area contributed by atoms with Crippen LogP contribution in [0.25, 0.3) is 0 Å². The average molecular weight is 1130 g/mol. The number of unbranched alkanes of at least 4 members (excludes halogenated alkanes) is 21. The third-order valence-corrected chi connectivity index (χ3v) is 22.1. The van der Waals surface area contributed by atoms with Crippen LogP contribution in [0.2, 0.25) is 5.04 Å². The van der Waals surface area contributed by atoms with Crippen LogP contribution in [-0.2, 0) is 28.3 Å². The summed E-state index contributed by atoms with van der Waals surface area (Å²) in [7, 11) is -0.824. The van der Waals surface area contributed by atoms with Gasteiger partial charge >= 0.3 is 11.9 Å². The highest BCUT2D eigenvalue weighted by molar-refractivity contribution is 6.99. The van der Waals surface area contributed by atoms with Gasteiger partial charge in [-0.3, -0.25) is 14.4 Å². The molecule has 2 aromatic rings. The van der Waals surface area contributed by atoms with E-state index in [-0.39, 0.29) is 29.4 Å². The number of hydrogen-bond acceptors (Lipinski definition) is 7. The maximum atomic E-state index is 13.4. The summed E-state index contributed by atoms with van der Waals surface area (Å²) >= 11 is 0. The molecule has 8 nitrogen and oxygen atoms in total. The third kappa shape index (κ3) is 32.7. The molecule has 0 aromatic heterocycles. The van der Waals surface area contributed by atoms with E-state index in [0.717, 1.165) is 116 Å². The Kier molecular flexibility index (Phi) is 43.3. The smallest absolute Gasteiger partial charge is 0.325 e. The van der Waals surface area contributed by atoms with Crippen molar-refractivity contribution in [1.82, 2.24) is 9.80 Å². The zero-order valence-electron chi connectivity index (χ0n) is 53.8. The molecule has 0 aliphatic carbocycles. The van der Waals surface area contributed by atoms with Crippen LogP contribution in [0.4, 0.5) is 0 Å².